The van der Waals surface area contributed by atoms with E-state index in [1.807, 2.05) is 34.6 Å². The van der Waals surface area contributed by atoms with Gasteiger partial charge in [0.2, 0.25) is 11.8 Å². The highest BCUT2D eigenvalue weighted by Gasteiger charge is 2.37. The number of phenols is 1. The molecule has 36 heavy (non-hydrogen) atoms. The number of ether oxygens (including phenoxy) is 1. The van der Waals surface area contributed by atoms with Crippen molar-refractivity contribution < 1.29 is 24.2 Å². The fourth-order valence-corrected chi connectivity index (χ4v) is 3.81. The molecule has 0 aliphatic heterocycles. The average Bonchev–Trinajstić information content (AvgIpc) is 2.70. The molecule has 0 saturated heterocycles. The minimum atomic E-state index is -0.927. The quantitative estimate of drug-likeness (QED) is 0.353. The van der Waals surface area contributed by atoms with E-state index >= 15 is 0 Å². The van der Waals surface area contributed by atoms with Gasteiger partial charge in [-0.3, -0.25) is 9.59 Å². The zero-order valence-electron chi connectivity index (χ0n) is 23.6. The average molecular weight is 506 g/mol. The molecule has 0 fully saturated rings. The van der Waals surface area contributed by atoms with Gasteiger partial charge >= 0.3 is 6.09 Å². The van der Waals surface area contributed by atoms with Crippen molar-refractivity contribution in [2.75, 3.05) is 6.54 Å². The summed E-state index contributed by atoms with van der Waals surface area (Å²) in [6, 6.07) is 4.54. The van der Waals surface area contributed by atoms with Crippen LogP contribution in [-0.2, 0) is 14.3 Å². The van der Waals surface area contributed by atoms with E-state index in [1.165, 1.54) is 12.1 Å². The number of amides is 3. The number of nitrogens with zero attached hydrogens (tertiary/aromatic N) is 1. The first-order valence-corrected chi connectivity index (χ1v) is 12.9. The lowest BCUT2D eigenvalue weighted by atomic mass is 9.97. The Bertz CT molecular complexity index is 853. The van der Waals surface area contributed by atoms with Crippen LogP contribution in [-0.4, -0.2) is 51.6 Å². The Labute approximate surface area is 217 Å². The van der Waals surface area contributed by atoms with Crippen molar-refractivity contribution in [1.82, 2.24) is 15.5 Å². The molecule has 3 N–H and O–H groups in total. The molecule has 8 nitrogen and oxygen atoms in total. The van der Waals surface area contributed by atoms with Crippen molar-refractivity contribution in [3.63, 3.8) is 0 Å². The second-order valence-corrected chi connectivity index (χ2v) is 11.8. The third-order valence-electron chi connectivity index (χ3n) is 5.25. The lowest BCUT2D eigenvalue weighted by Crippen LogP contribution is -2.55. The lowest BCUT2D eigenvalue weighted by Gasteiger charge is -2.36. The zero-order valence-corrected chi connectivity index (χ0v) is 23.6. The number of nitrogens with one attached hydrogen (secondary N) is 2. The van der Waals surface area contributed by atoms with E-state index in [1.54, 1.807) is 37.8 Å². The summed E-state index contributed by atoms with van der Waals surface area (Å²) in [5, 5.41) is 15.6. The van der Waals surface area contributed by atoms with Gasteiger partial charge in [0, 0.05) is 12.1 Å². The van der Waals surface area contributed by atoms with Crippen LogP contribution in [0.15, 0.2) is 24.3 Å². The number of hydrogen-bond donors (Lipinski definition) is 3. The van der Waals surface area contributed by atoms with E-state index in [0.29, 0.717) is 24.9 Å². The van der Waals surface area contributed by atoms with E-state index in [-0.39, 0.29) is 23.5 Å². The third kappa shape index (κ3) is 11.3. The molecule has 1 rings (SSSR count). The van der Waals surface area contributed by atoms with Crippen LogP contribution in [0.2, 0.25) is 0 Å². The summed E-state index contributed by atoms with van der Waals surface area (Å²) >= 11 is 0. The van der Waals surface area contributed by atoms with Gasteiger partial charge in [0.1, 0.15) is 23.4 Å². The van der Waals surface area contributed by atoms with Crippen molar-refractivity contribution in [2.45, 2.75) is 111 Å². The van der Waals surface area contributed by atoms with Crippen LogP contribution < -0.4 is 10.6 Å². The van der Waals surface area contributed by atoms with E-state index < -0.39 is 29.3 Å². The molecule has 0 bridgehead atoms. The van der Waals surface area contributed by atoms with Crippen molar-refractivity contribution in [2.24, 2.45) is 5.92 Å². The molecular formula is C28H47N3O5. The van der Waals surface area contributed by atoms with Crippen molar-refractivity contribution in [3.05, 3.63) is 29.8 Å². The molecular weight excluding hydrogens is 458 g/mol. The fourth-order valence-electron chi connectivity index (χ4n) is 3.81. The molecule has 0 aromatic heterocycles. The molecule has 1 aromatic carbocycles. The minimum absolute atomic E-state index is 0.0712. The van der Waals surface area contributed by atoms with Crippen LogP contribution in [0.1, 0.15) is 99.6 Å². The predicted molar refractivity (Wildman–Crippen MR) is 143 cm³/mol. The minimum Gasteiger partial charge on any atom is -0.508 e. The first-order chi connectivity index (χ1) is 16.5. The van der Waals surface area contributed by atoms with Crippen LogP contribution in [0.25, 0.3) is 0 Å². The summed E-state index contributed by atoms with van der Waals surface area (Å²) in [7, 11) is 0. The number of hydrogen-bond acceptors (Lipinski definition) is 5. The number of carbonyl (C=O) groups is 3. The summed E-state index contributed by atoms with van der Waals surface area (Å²) in [5.74, 6) is -0.477. The molecule has 204 valence electrons. The SMILES string of the molecule is CCCCCN(C(=O)C(CC(C)C)NC(=O)OC(C)(C)C)C(C(=O)NC(C)(C)C)c1ccc(O)cc1. The molecule has 2 atom stereocenters. The van der Waals surface area contributed by atoms with Crippen LogP contribution in [0.4, 0.5) is 4.79 Å². The number of unbranched alkanes of at least 4 members (excludes halogenated alkanes) is 2. The summed E-state index contributed by atoms with van der Waals surface area (Å²) in [4.78, 5) is 41.8. The van der Waals surface area contributed by atoms with E-state index in [4.69, 9.17) is 4.74 Å². The van der Waals surface area contributed by atoms with Crippen LogP contribution >= 0.6 is 0 Å². The lowest BCUT2D eigenvalue weighted by molar-refractivity contribution is -0.143. The Hall–Kier alpha value is -2.77. The third-order valence-corrected chi connectivity index (χ3v) is 5.25. The maximum atomic E-state index is 14.1. The molecule has 0 aliphatic rings. The van der Waals surface area contributed by atoms with E-state index in [9.17, 15) is 19.5 Å². The Balaban J connectivity index is 3.49. The van der Waals surface area contributed by atoms with Gasteiger partial charge in [-0.1, -0.05) is 45.7 Å². The Kier molecular flexibility index (Phi) is 11.7. The fraction of sp³-hybridized carbons (Fsp3) is 0.679. The monoisotopic (exact) mass is 505 g/mol. The summed E-state index contributed by atoms with van der Waals surface area (Å²) in [5.41, 5.74) is -0.645. The predicted octanol–water partition coefficient (Wildman–Crippen LogP) is 5.31. The van der Waals surface area contributed by atoms with Gasteiger partial charge in [-0.05, 0) is 78.0 Å². The standard InChI is InChI=1S/C28H47N3O5/c1-10-11-12-17-31(25(34)22(18-19(2)3)29-26(35)36-28(7,8)9)23(24(33)30-27(4,5)6)20-13-15-21(32)16-14-20/h13-16,19,22-23,32H,10-12,17-18H2,1-9H3,(H,29,35)(H,30,33). The summed E-state index contributed by atoms with van der Waals surface area (Å²) in [6.07, 6.45) is 2.27. The van der Waals surface area contributed by atoms with Gasteiger partial charge in [0.15, 0.2) is 0 Å². The molecule has 0 radical (unpaired) electrons. The number of phenolic OH excluding ortho intramolecular Hbond substituents is 1. The molecule has 2 unspecified atom stereocenters. The van der Waals surface area contributed by atoms with E-state index in [2.05, 4.69) is 17.6 Å². The van der Waals surface area contributed by atoms with E-state index in [0.717, 1.165) is 12.8 Å². The van der Waals surface area contributed by atoms with Crippen LogP contribution in [0.3, 0.4) is 0 Å². The molecule has 1 aromatic rings. The van der Waals surface area contributed by atoms with Crippen molar-refractivity contribution in [1.29, 1.82) is 0 Å². The van der Waals surface area contributed by atoms with Gasteiger partial charge in [-0.2, -0.15) is 0 Å². The highest BCUT2D eigenvalue weighted by molar-refractivity contribution is 5.92. The van der Waals surface area contributed by atoms with Gasteiger partial charge < -0.3 is 25.4 Å². The second-order valence-electron chi connectivity index (χ2n) is 11.8. The largest absolute Gasteiger partial charge is 0.508 e. The normalized spacial score (nSPS) is 13.6. The first-order valence-electron chi connectivity index (χ1n) is 12.9. The first kappa shape index (κ1) is 31.3. The molecule has 0 spiro atoms. The Morgan fingerprint density at radius 3 is 2.06 bits per heavy atom. The maximum absolute atomic E-state index is 14.1. The van der Waals surface area contributed by atoms with Crippen molar-refractivity contribution >= 4 is 17.9 Å². The topological polar surface area (TPSA) is 108 Å². The van der Waals surface area contributed by atoms with Gasteiger partial charge in [0.05, 0.1) is 0 Å². The van der Waals surface area contributed by atoms with Crippen LogP contribution in [0, 0.1) is 5.92 Å². The summed E-state index contributed by atoms with van der Waals surface area (Å²) in [6.45, 7) is 17.3. The number of alkyl carbamates (subject to hydrolysis) is 1. The van der Waals surface area contributed by atoms with Crippen LogP contribution in [0.5, 0.6) is 5.75 Å². The highest BCUT2D eigenvalue weighted by atomic mass is 16.6. The van der Waals surface area contributed by atoms with Crippen molar-refractivity contribution in [3.8, 4) is 5.75 Å². The molecule has 0 heterocycles. The molecule has 3 amide bonds. The number of rotatable bonds is 11. The number of aromatic hydroxyl groups is 1. The second kappa shape index (κ2) is 13.5. The maximum Gasteiger partial charge on any atom is 0.408 e. The molecule has 8 heteroatoms. The Morgan fingerprint density at radius 1 is 1.00 bits per heavy atom. The number of carbonyl (C=O) groups excluding carboxylic acids is 3. The molecule has 0 aliphatic carbocycles. The van der Waals surface area contributed by atoms with Gasteiger partial charge in [-0.15, -0.1) is 0 Å². The Morgan fingerprint density at radius 2 is 1.58 bits per heavy atom. The zero-order chi connectivity index (χ0) is 27.7. The number of benzene rings is 1. The molecule has 0 saturated carbocycles. The van der Waals surface area contributed by atoms with Gasteiger partial charge in [-0.25, -0.2) is 4.79 Å². The smallest absolute Gasteiger partial charge is 0.408 e. The van der Waals surface area contributed by atoms with Gasteiger partial charge in [0.25, 0.3) is 0 Å². The summed E-state index contributed by atoms with van der Waals surface area (Å²) < 4.78 is 5.42. The highest BCUT2D eigenvalue weighted by Crippen LogP contribution is 2.27.